The van der Waals surface area contributed by atoms with Gasteiger partial charge in [0.05, 0.1) is 22.8 Å². The standard InChI is InChI=1S/C16H18FNO3S2/c1-18(2)11-12-10-13(17)4-9-16(12)22(19)14-5-7-15(8-6-14)23(20)21-3/h4-10H,11H2,1-3H3. The molecule has 0 aromatic heterocycles. The molecule has 4 nitrogen and oxygen atoms in total. The highest BCUT2D eigenvalue weighted by atomic mass is 32.2. The average Bonchev–Trinajstić information content (AvgIpc) is 2.53. The van der Waals surface area contributed by atoms with Gasteiger partial charge in [0.15, 0.2) is 11.1 Å². The maximum absolute atomic E-state index is 13.5. The number of benzene rings is 2. The van der Waals surface area contributed by atoms with Crippen LogP contribution in [0.15, 0.2) is 57.2 Å². The fraction of sp³-hybridized carbons (Fsp3) is 0.250. The first-order valence-corrected chi connectivity index (χ1v) is 9.06. The Labute approximate surface area is 140 Å². The summed E-state index contributed by atoms with van der Waals surface area (Å²) in [6, 6.07) is 10.8. The van der Waals surface area contributed by atoms with Crippen molar-refractivity contribution >= 4 is 21.9 Å². The van der Waals surface area contributed by atoms with Crippen LogP contribution in [-0.4, -0.2) is 34.5 Å². The predicted octanol–water partition coefficient (Wildman–Crippen LogP) is 2.72. The predicted molar refractivity (Wildman–Crippen MR) is 88.3 cm³/mol. The van der Waals surface area contributed by atoms with Gasteiger partial charge in [0.2, 0.25) is 0 Å². The minimum atomic E-state index is -1.53. The Morgan fingerprint density at radius 1 is 1.04 bits per heavy atom. The van der Waals surface area contributed by atoms with Crippen molar-refractivity contribution < 1.29 is 17.0 Å². The molecule has 0 fully saturated rings. The van der Waals surface area contributed by atoms with Gasteiger partial charge in [-0.05, 0) is 62.1 Å². The molecule has 0 bridgehead atoms. The van der Waals surface area contributed by atoms with Crippen molar-refractivity contribution in [2.45, 2.75) is 21.2 Å². The van der Waals surface area contributed by atoms with Crippen LogP contribution in [-0.2, 0) is 32.6 Å². The van der Waals surface area contributed by atoms with Gasteiger partial charge in [0, 0.05) is 16.3 Å². The molecule has 0 heterocycles. The highest BCUT2D eigenvalue weighted by Gasteiger charge is 2.14. The van der Waals surface area contributed by atoms with E-state index in [9.17, 15) is 12.8 Å². The van der Waals surface area contributed by atoms with Gasteiger partial charge in [-0.15, -0.1) is 0 Å². The summed E-state index contributed by atoms with van der Waals surface area (Å²) in [4.78, 5) is 3.52. The quantitative estimate of drug-likeness (QED) is 0.799. The largest absolute Gasteiger partial charge is 0.305 e. The van der Waals surface area contributed by atoms with Crippen LogP contribution in [0.25, 0.3) is 0 Å². The normalized spacial score (nSPS) is 14.0. The number of hydrogen-bond donors (Lipinski definition) is 0. The second-order valence-electron chi connectivity index (χ2n) is 5.13. The first-order chi connectivity index (χ1) is 10.9. The molecule has 0 amide bonds. The van der Waals surface area contributed by atoms with Crippen LogP contribution in [0.1, 0.15) is 5.56 Å². The molecule has 0 spiro atoms. The van der Waals surface area contributed by atoms with Crippen molar-refractivity contribution in [2.75, 3.05) is 21.2 Å². The molecular weight excluding hydrogens is 337 g/mol. The van der Waals surface area contributed by atoms with Crippen LogP contribution in [0.2, 0.25) is 0 Å². The van der Waals surface area contributed by atoms with E-state index < -0.39 is 21.9 Å². The molecule has 2 atom stereocenters. The van der Waals surface area contributed by atoms with Crippen LogP contribution in [0.5, 0.6) is 0 Å². The van der Waals surface area contributed by atoms with Gasteiger partial charge >= 0.3 is 0 Å². The molecule has 0 aliphatic heterocycles. The molecule has 0 N–H and O–H groups in total. The fourth-order valence-electron chi connectivity index (χ4n) is 2.09. The molecule has 2 aromatic rings. The fourth-order valence-corrected chi connectivity index (χ4v) is 3.83. The summed E-state index contributed by atoms with van der Waals surface area (Å²) in [6.45, 7) is 0.491. The first-order valence-electron chi connectivity index (χ1n) is 6.83. The Morgan fingerprint density at radius 2 is 1.65 bits per heavy atom. The van der Waals surface area contributed by atoms with E-state index in [1.165, 1.54) is 19.2 Å². The zero-order valence-electron chi connectivity index (χ0n) is 13.1. The Kier molecular flexibility index (Phi) is 6.17. The summed E-state index contributed by atoms with van der Waals surface area (Å²) in [6.07, 6.45) is 0. The van der Waals surface area contributed by atoms with Crippen molar-refractivity contribution in [2.24, 2.45) is 0 Å². The lowest BCUT2D eigenvalue weighted by molar-refractivity contribution is 0.398. The molecule has 0 aliphatic carbocycles. The highest BCUT2D eigenvalue weighted by molar-refractivity contribution is 7.85. The molecule has 0 aliphatic rings. The van der Waals surface area contributed by atoms with Crippen molar-refractivity contribution in [1.29, 1.82) is 0 Å². The monoisotopic (exact) mass is 355 g/mol. The Bertz CT molecular complexity index is 733. The van der Waals surface area contributed by atoms with Crippen molar-refractivity contribution in [3.05, 3.63) is 53.8 Å². The maximum atomic E-state index is 13.5. The van der Waals surface area contributed by atoms with Crippen LogP contribution in [0.4, 0.5) is 4.39 Å². The van der Waals surface area contributed by atoms with Crippen LogP contribution in [0, 0.1) is 5.82 Å². The van der Waals surface area contributed by atoms with Gasteiger partial charge in [-0.1, -0.05) is 0 Å². The lowest BCUT2D eigenvalue weighted by Gasteiger charge is -2.14. The van der Waals surface area contributed by atoms with Crippen LogP contribution >= 0.6 is 0 Å². The van der Waals surface area contributed by atoms with Gasteiger partial charge < -0.3 is 4.90 Å². The van der Waals surface area contributed by atoms with Crippen molar-refractivity contribution in [3.63, 3.8) is 0 Å². The van der Waals surface area contributed by atoms with E-state index in [0.29, 0.717) is 26.8 Å². The second kappa shape index (κ2) is 7.92. The minimum Gasteiger partial charge on any atom is -0.305 e. The average molecular weight is 355 g/mol. The molecule has 2 unspecified atom stereocenters. The number of halogens is 1. The lowest BCUT2D eigenvalue weighted by atomic mass is 10.2. The zero-order valence-corrected chi connectivity index (χ0v) is 14.7. The van der Waals surface area contributed by atoms with Gasteiger partial charge in [0.1, 0.15) is 5.82 Å². The first kappa shape index (κ1) is 17.9. The summed E-state index contributed by atoms with van der Waals surface area (Å²) in [5, 5.41) is 0. The minimum absolute atomic E-state index is 0.353. The summed E-state index contributed by atoms with van der Waals surface area (Å²) in [5.41, 5.74) is 0.679. The number of hydrogen-bond acceptors (Lipinski definition) is 4. The van der Waals surface area contributed by atoms with Crippen LogP contribution in [0.3, 0.4) is 0 Å². The zero-order chi connectivity index (χ0) is 17.0. The van der Waals surface area contributed by atoms with Gasteiger partial charge in [0.25, 0.3) is 0 Å². The van der Waals surface area contributed by atoms with Gasteiger partial charge in [-0.2, -0.15) is 0 Å². The van der Waals surface area contributed by atoms with E-state index in [4.69, 9.17) is 4.18 Å². The molecular formula is C16H18FNO3S2. The van der Waals surface area contributed by atoms with E-state index in [-0.39, 0.29) is 5.82 Å². The van der Waals surface area contributed by atoms with E-state index in [0.717, 1.165) is 0 Å². The molecule has 0 saturated carbocycles. The SMILES string of the molecule is COS(=O)c1ccc(S(=O)c2ccc(F)cc2CN(C)C)cc1. The van der Waals surface area contributed by atoms with Crippen LogP contribution < -0.4 is 0 Å². The second-order valence-corrected chi connectivity index (χ2v) is 7.85. The van der Waals surface area contributed by atoms with Crippen molar-refractivity contribution in [3.8, 4) is 0 Å². The molecule has 2 aromatic carbocycles. The molecule has 124 valence electrons. The summed E-state index contributed by atoms with van der Waals surface area (Å²) >= 11 is -1.53. The summed E-state index contributed by atoms with van der Waals surface area (Å²) < 4.78 is 42.5. The van der Waals surface area contributed by atoms with E-state index >= 15 is 0 Å². The summed E-state index contributed by atoms with van der Waals surface area (Å²) in [5.74, 6) is -0.353. The molecule has 2 rings (SSSR count). The third-order valence-corrected chi connectivity index (χ3v) is 5.55. The summed E-state index contributed by atoms with van der Waals surface area (Å²) in [7, 11) is 3.65. The smallest absolute Gasteiger partial charge is 0.188 e. The van der Waals surface area contributed by atoms with E-state index in [2.05, 4.69) is 0 Å². The van der Waals surface area contributed by atoms with E-state index in [1.807, 2.05) is 19.0 Å². The molecule has 0 saturated heterocycles. The Balaban J connectivity index is 2.35. The molecule has 23 heavy (non-hydrogen) atoms. The van der Waals surface area contributed by atoms with Gasteiger partial charge in [-0.25, -0.2) is 12.8 Å². The van der Waals surface area contributed by atoms with E-state index in [1.54, 1.807) is 30.3 Å². The number of nitrogens with zero attached hydrogens (tertiary/aromatic N) is 1. The Hall–Kier alpha value is -1.41. The molecule has 0 radical (unpaired) electrons. The highest BCUT2D eigenvalue weighted by Crippen LogP contribution is 2.23. The Morgan fingerprint density at radius 3 is 2.22 bits per heavy atom. The third-order valence-electron chi connectivity index (χ3n) is 3.09. The molecule has 7 heteroatoms. The van der Waals surface area contributed by atoms with Crippen molar-refractivity contribution in [1.82, 2.24) is 4.90 Å². The topological polar surface area (TPSA) is 46.6 Å². The maximum Gasteiger partial charge on any atom is 0.188 e. The lowest BCUT2D eigenvalue weighted by Crippen LogP contribution is -2.13. The number of rotatable bonds is 6. The third kappa shape index (κ3) is 4.54. The van der Waals surface area contributed by atoms with Gasteiger partial charge in [-0.3, -0.25) is 4.18 Å².